The van der Waals surface area contributed by atoms with Crippen LogP contribution in [0.1, 0.15) is 11.1 Å². The number of aryl methyl sites for hydroxylation is 2. The lowest BCUT2D eigenvalue weighted by Crippen LogP contribution is -1.88. The highest BCUT2D eigenvalue weighted by Crippen LogP contribution is 2.22. The number of nitrogens with zero attached hydrogens (tertiary/aromatic N) is 1. The van der Waals surface area contributed by atoms with Crippen LogP contribution >= 0.6 is 15.9 Å². The molecule has 1 aromatic carbocycles. The number of pyridine rings is 1. The molecule has 2 heteroatoms. The van der Waals surface area contributed by atoms with Gasteiger partial charge >= 0.3 is 0 Å². The molecule has 0 N–H and O–H groups in total. The summed E-state index contributed by atoms with van der Waals surface area (Å²) in [6.07, 6.45) is 1.92. The first-order valence-electron chi connectivity index (χ1n) is 4.86. The maximum Gasteiger partial charge on any atom is 0.0705 e. The normalized spacial score (nSPS) is 10.3. The van der Waals surface area contributed by atoms with Gasteiger partial charge in [-0.15, -0.1) is 0 Å². The summed E-state index contributed by atoms with van der Waals surface area (Å²) in [6.45, 7) is 4.19. The average molecular weight is 262 g/mol. The van der Waals surface area contributed by atoms with E-state index in [9.17, 15) is 0 Å². The van der Waals surface area contributed by atoms with Gasteiger partial charge in [0.15, 0.2) is 0 Å². The molecule has 0 saturated carbocycles. The zero-order chi connectivity index (χ0) is 10.8. The summed E-state index contributed by atoms with van der Waals surface area (Å²) in [5, 5.41) is 0. The van der Waals surface area contributed by atoms with Crippen LogP contribution in [0.2, 0.25) is 0 Å². The van der Waals surface area contributed by atoms with Gasteiger partial charge in [0.25, 0.3) is 0 Å². The SMILES string of the molecule is Cc1cnc(-c2cccc(Br)c2)cc1C. The minimum atomic E-state index is 1.03. The molecule has 0 aliphatic carbocycles. The van der Waals surface area contributed by atoms with Gasteiger partial charge in [-0.05, 0) is 43.2 Å². The molecular formula is C13H12BrN. The third-order valence-corrected chi connectivity index (χ3v) is 2.99. The first-order chi connectivity index (χ1) is 7.16. The van der Waals surface area contributed by atoms with Gasteiger partial charge < -0.3 is 0 Å². The number of hydrogen-bond acceptors (Lipinski definition) is 1. The van der Waals surface area contributed by atoms with Crippen LogP contribution in [0.15, 0.2) is 41.0 Å². The summed E-state index contributed by atoms with van der Waals surface area (Å²) >= 11 is 3.46. The van der Waals surface area contributed by atoms with Gasteiger partial charge in [0, 0.05) is 16.2 Å². The van der Waals surface area contributed by atoms with Crippen LogP contribution < -0.4 is 0 Å². The van der Waals surface area contributed by atoms with Crippen LogP contribution in [0.5, 0.6) is 0 Å². The van der Waals surface area contributed by atoms with E-state index in [2.05, 4.69) is 53.0 Å². The molecule has 1 heterocycles. The van der Waals surface area contributed by atoms with Crippen molar-refractivity contribution in [2.45, 2.75) is 13.8 Å². The van der Waals surface area contributed by atoms with Crippen LogP contribution in [0, 0.1) is 13.8 Å². The molecule has 0 aliphatic heterocycles. The standard InChI is InChI=1S/C13H12BrN/c1-9-6-13(15-8-10(9)2)11-4-3-5-12(14)7-11/h3-8H,1-2H3. The highest BCUT2D eigenvalue weighted by atomic mass is 79.9. The Balaban J connectivity index is 2.50. The molecule has 0 aliphatic rings. The number of aromatic nitrogens is 1. The van der Waals surface area contributed by atoms with E-state index in [0.29, 0.717) is 0 Å². The Morgan fingerprint density at radius 2 is 1.87 bits per heavy atom. The number of rotatable bonds is 1. The lowest BCUT2D eigenvalue weighted by molar-refractivity contribution is 1.22. The maximum absolute atomic E-state index is 4.43. The summed E-state index contributed by atoms with van der Waals surface area (Å²) in [7, 11) is 0. The summed E-state index contributed by atoms with van der Waals surface area (Å²) in [4.78, 5) is 4.43. The van der Waals surface area contributed by atoms with Crippen molar-refractivity contribution in [2.75, 3.05) is 0 Å². The summed E-state index contributed by atoms with van der Waals surface area (Å²) in [5.41, 5.74) is 4.68. The van der Waals surface area contributed by atoms with Crippen LogP contribution in [0.25, 0.3) is 11.3 Å². The quantitative estimate of drug-likeness (QED) is 0.753. The highest BCUT2D eigenvalue weighted by molar-refractivity contribution is 9.10. The molecule has 0 radical (unpaired) electrons. The van der Waals surface area contributed by atoms with E-state index < -0.39 is 0 Å². The Labute approximate surface area is 98.3 Å². The average Bonchev–Trinajstić information content (AvgIpc) is 2.22. The molecule has 1 nitrogen and oxygen atoms in total. The molecule has 1 aromatic heterocycles. The van der Waals surface area contributed by atoms with Gasteiger partial charge in [0.05, 0.1) is 5.69 Å². The molecule has 15 heavy (non-hydrogen) atoms. The van der Waals surface area contributed by atoms with Gasteiger partial charge in [0.2, 0.25) is 0 Å². The molecule has 0 spiro atoms. The molecule has 0 fully saturated rings. The smallest absolute Gasteiger partial charge is 0.0705 e. The topological polar surface area (TPSA) is 12.9 Å². The molecule has 76 valence electrons. The van der Waals surface area contributed by atoms with E-state index in [1.807, 2.05) is 18.3 Å². The fraction of sp³-hybridized carbons (Fsp3) is 0.154. The lowest BCUT2D eigenvalue weighted by Gasteiger charge is -2.04. The number of hydrogen-bond donors (Lipinski definition) is 0. The van der Waals surface area contributed by atoms with Crippen molar-refractivity contribution in [3.8, 4) is 11.3 Å². The van der Waals surface area contributed by atoms with Gasteiger partial charge in [0.1, 0.15) is 0 Å². The molecule has 2 rings (SSSR count). The zero-order valence-electron chi connectivity index (χ0n) is 8.79. The number of benzene rings is 1. The molecular weight excluding hydrogens is 250 g/mol. The fourth-order valence-electron chi connectivity index (χ4n) is 1.43. The van der Waals surface area contributed by atoms with Crippen LogP contribution in [-0.4, -0.2) is 4.98 Å². The predicted octanol–water partition coefficient (Wildman–Crippen LogP) is 4.13. The molecule has 0 unspecified atom stereocenters. The summed E-state index contributed by atoms with van der Waals surface area (Å²) in [5.74, 6) is 0. The Morgan fingerprint density at radius 3 is 2.53 bits per heavy atom. The van der Waals surface area contributed by atoms with Crippen molar-refractivity contribution in [3.05, 3.63) is 52.1 Å². The zero-order valence-corrected chi connectivity index (χ0v) is 10.4. The van der Waals surface area contributed by atoms with E-state index in [-0.39, 0.29) is 0 Å². The molecule has 2 aromatic rings. The maximum atomic E-state index is 4.43. The van der Waals surface area contributed by atoms with Crippen molar-refractivity contribution in [2.24, 2.45) is 0 Å². The Morgan fingerprint density at radius 1 is 1.07 bits per heavy atom. The first kappa shape index (κ1) is 10.4. The van der Waals surface area contributed by atoms with Crippen molar-refractivity contribution in [3.63, 3.8) is 0 Å². The molecule has 0 saturated heterocycles. The number of halogens is 1. The summed E-state index contributed by atoms with van der Waals surface area (Å²) in [6, 6.07) is 10.3. The first-order valence-corrected chi connectivity index (χ1v) is 5.65. The van der Waals surface area contributed by atoms with E-state index >= 15 is 0 Å². The minimum Gasteiger partial charge on any atom is -0.256 e. The second-order valence-corrected chi connectivity index (χ2v) is 4.58. The summed E-state index contributed by atoms with van der Waals surface area (Å²) < 4.78 is 1.08. The molecule has 0 amide bonds. The van der Waals surface area contributed by atoms with Crippen molar-refractivity contribution >= 4 is 15.9 Å². The van der Waals surface area contributed by atoms with Crippen molar-refractivity contribution in [1.82, 2.24) is 4.98 Å². The van der Waals surface area contributed by atoms with Gasteiger partial charge in [-0.1, -0.05) is 28.1 Å². The van der Waals surface area contributed by atoms with E-state index in [1.54, 1.807) is 0 Å². The lowest BCUT2D eigenvalue weighted by atomic mass is 10.1. The van der Waals surface area contributed by atoms with Crippen LogP contribution in [-0.2, 0) is 0 Å². The Hall–Kier alpha value is -1.15. The minimum absolute atomic E-state index is 1.03. The van der Waals surface area contributed by atoms with Gasteiger partial charge in [-0.25, -0.2) is 0 Å². The van der Waals surface area contributed by atoms with Gasteiger partial charge in [-0.3, -0.25) is 4.98 Å². The highest BCUT2D eigenvalue weighted by Gasteiger charge is 2.01. The Bertz CT molecular complexity index is 492. The second kappa shape index (κ2) is 4.15. The third-order valence-electron chi connectivity index (χ3n) is 2.49. The largest absolute Gasteiger partial charge is 0.256 e. The van der Waals surface area contributed by atoms with E-state index in [1.165, 1.54) is 11.1 Å². The Kier molecular flexibility index (Phi) is 2.87. The van der Waals surface area contributed by atoms with Gasteiger partial charge in [-0.2, -0.15) is 0 Å². The predicted molar refractivity (Wildman–Crippen MR) is 66.8 cm³/mol. The third kappa shape index (κ3) is 2.26. The fourth-order valence-corrected chi connectivity index (χ4v) is 1.83. The van der Waals surface area contributed by atoms with E-state index in [0.717, 1.165) is 15.7 Å². The van der Waals surface area contributed by atoms with Crippen molar-refractivity contribution in [1.29, 1.82) is 0 Å². The van der Waals surface area contributed by atoms with Crippen LogP contribution in [0.4, 0.5) is 0 Å². The molecule has 0 atom stereocenters. The van der Waals surface area contributed by atoms with Crippen LogP contribution in [0.3, 0.4) is 0 Å². The van der Waals surface area contributed by atoms with E-state index in [4.69, 9.17) is 0 Å². The van der Waals surface area contributed by atoms with Crippen molar-refractivity contribution < 1.29 is 0 Å². The monoisotopic (exact) mass is 261 g/mol. The second-order valence-electron chi connectivity index (χ2n) is 3.66. The molecule has 0 bridgehead atoms.